The van der Waals surface area contributed by atoms with E-state index in [4.69, 9.17) is 0 Å². The fourth-order valence-corrected chi connectivity index (χ4v) is 6.07. The highest BCUT2D eigenvalue weighted by Gasteiger charge is 2.32. The number of H-pyrrole nitrogens is 1. The van der Waals surface area contributed by atoms with E-state index in [-0.39, 0.29) is 22.8 Å². The van der Waals surface area contributed by atoms with Gasteiger partial charge in [0.2, 0.25) is 5.91 Å². The second kappa shape index (κ2) is 9.37. The lowest BCUT2D eigenvalue weighted by Crippen LogP contribution is -2.47. The number of amides is 1. The molecular formula is C24H28N4O2S2. The highest BCUT2D eigenvalue weighted by Crippen LogP contribution is 2.31. The van der Waals surface area contributed by atoms with Gasteiger partial charge in [-0.25, -0.2) is 4.98 Å². The Morgan fingerprint density at radius 2 is 2.00 bits per heavy atom. The number of likely N-dealkylation sites (tertiary alicyclic amines) is 1. The second-order valence-corrected chi connectivity index (χ2v) is 10.9. The van der Waals surface area contributed by atoms with E-state index in [1.807, 2.05) is 42.6 Å². The molecule has 8 heteroatoms. The van der Waals surface area contributed by atoms with Gasteiger partial charge in [-0.1, -0.05) is 30.3 Å². The van der Waals surface area contributed by atoms with Crippen molar-refractivity contribution in [3.05, 3.63) is 51.9 Å². The molecule has 1 unspecified atom stereocenters. The number of carbonyl (C=O) groups excluding carboxylic acids is 1. The fourth-order valence-electron chi connectivity index (χ4n) is 4.34. The molecule has 6 nitrogen and oxygen atoms in total. The normalized spacial score (nSPS) is 18.7. The molecule has 1 aromatic carbocycles. The number of aromatic amines is 1. The molecule has 1 saturated carbocycles. The molecule has 1 aliphatic heterocycles. The van der Waals surface area contributed by atoms with Crippen LogP contribution < -0.4 is 10.9 Å². The molecule has 3 heterocycles. The Morgan fingerprint density at radius 3 is 2.72 bits per heavy atom. The number of hydrogen-bond donors (Lipinski definition) is 2. The molecule has 3 aromatic rings. The number of piperidine rings is 1. The van der Waals surface area contributed by atoms with Crippen molar-refractivity contribution in [2.45, 2.75) is 55.7 Å². The Hall–Kier alpha value is -2.16. The lowest BCUT2D eigenvalue weighted by Gasteiger charge is -2.32. The molecule has 2 N–H and O–H groups in total. The number of nitrogens with one attached hydrogen (secondary N) is 2. The van der Waals surface area contributed by atoms with E-state index in [1.54, 1.807) is 0 Å². The van der Waals surface area contributed by atoms with Crippen molar-refractivity contribution in [1.82, 2.24) is 20.2 Å². The molecule has 2 fully saturated rings. The van der Waals surface area contributed by atoms with Gasteiger partial charge >= 0.3 is 0 Å². The fraction of sp³-hybridized carbons (Fsp3) is 0.458. The number of fused-ring (bicyclic) bond motifs is 1. The molecule has 168 valence electrons. The van der Waals surface area contributed by atoms with Crippen molar-refractivity contribution >= 4 is 39.2 Å². The van der Waals surface area contributed by atoms with Gasteiger partial charge in [-0.2, -0.15) is 0 Å². The van der Waals surface area contributed by atoms with Crippen molar-refractivity contribution < 1.29 is 4.79 Å². The molecule has 0 radical (unpaired) electrons. The summed E-state index contributed by atoms with van der Waals surface area (Å²) in [6.07, 6.45) is 4.75. The van der Waals surface area contributed by atoms with Crippen molar-refractivity contribution in [2.75, 3.05) is 13.1 Å². The van der Waals surface area contributed by atoms with E-state index in [1.165, 1.54) is 35.9 Å². The van der Waals surface area contributed by atoms with E-state index >= 15 is 0 Å². The zero-order valence-corrected chi connectivity index (χ0v) is 19.8. The van der Waals surface area contributed by atoms with Gasteiger partial charge in [0.25, 0.3) is 5.56 Å². The molecule has 32 heavy (non-hydrogen) atoms. The van der Waals surface area contributed by atoms with Crippen LogP contribution in [0.1, 0.15) is 38.4 Å². The second-order valence-electron chi connectivity index (χ2n) is 8.71. The Labute approximate surface area is 195 Å². The molecule has 5 rings (SSSR count). The predicted octanol–water partition coefficient (Wildman–Crippen LogP) is 4.02. The van der Waals surface area contributed by atoms with Gasteiger partial charge < -0.3 is 15.2 Å². The van der Waals surface area contributed by atoms with E-state index in [0.717, 1.165) is 47.9 Å². The number of thioether (sulfide) groups is 1. The molecular weight excluding hydrogens is 440 g/mol. The predicted molar refractivity (Wildman–Crippen MR) is 132 cm³/mol. The molecule has 2 aromatic heterocycles. The maximum atomic E-state index is 12.8. The van der Waals surface area contributed by atoms with Crippen LogP contribution in [0.2, 0.25) is 0 Å². The average molecular weight is 469 g/mol. The van der Waals surface area contributed by atoms with Gasteiger partial charge in [0.1, 0.15) is 10.7 Å². The van der Waals surface area contributed by atoms with E-state index in [2.05, 4.69) is 20.2 Å². The largest absolute Gasteiger partial charge is 0.352 e. The van der Waals surface area contributed by atoms with Crippen LogP contribution in [-0.4, -0.2) is 51.2 Å². The molecule has 0 spiro atoms. The quantitative estimate of drug-likeness (QED) is 0.548. The first-order valence-corrected chi connectivity index (χ1v) is 13.2. The summed E-state index contributed by atoms with van der Waals surface area (Å²) in [6, 6.07) is 11.0. The number of benzene rings is 1. The van der Waals surface area contributed by atoms with Crippen molar-refractivity contribution in [3.8, 4) is 11.1 Å². The monoisotopic (exact) mass is 468 g/mol. The van der Waals surface area contributed by atoms with Crippen LogP contribution in [0.4, 0.5) is 0 Å². The van der Waals surface area contributed by atoms with Crippen molar-refractivity contribution in [1.29, 1.82) is 0 Å². The molecule has 2 aliphatic rings. The number of rotatable bonds is 7. The molecule has 1 saturated heterocycles. The highest BCUT2D eigenvalue weighted by molar-refractivity contribution is 7.99. The number of nitrogens with zero attached hydrogens (tertiary/aromatic N) is 2. The topological polar surface area (TPSA) is 78.1 Å². The SMILES string of the molecule is CC(SCc1nc2scc(-c3ccccc3)c2c(=O)[nH]1)C(=O)NC1CCN(C2CC2)CC1. The molecule has 1 aliphatic carbocycles. The van der Waals surface area contributed by atoms with Crippen molar-refractivity contribution in [3.63, 3.8) is 0 Å². The van der Waals surface area contributed by atoms with E-state index in [9.17, 15) is 9.59 Å². The van der Waals surface area contributed by atoms with Crippen LogP contribution in [0.25, 0.3) is 21.3 Å². The maximum absolute atomic E-state index is 12.8. The van der Waals surface area contributed by atoms with Gasteiger partial charge in [0, 0.05) is 36.1 Å². The first kappa shape index (κ1) is 21.7. The van der Waals surface area contributed by atoms with Gasteiger partial charge in [-0.15, -0.1) is 23.1 Å². The molecule has 0 bridgehead atoms. The van der Waals surface area contributed by atoms with Crippen LogP contribution in [0.15, 0.2) is 40.5 Å². The summed E-state index contributed by atoms with van der Waals surface area (Å²) in [5, 5.41) is 5.65. The average Bonchev–Trinajstić information content (AvgIpc) is 3.57. The first-order chi connectivity index (χ1) is 15.6. The minimum atomic E-state index is -0.194. The van der Waals surface area contributed by atoms with Gasteiger partial charge in [-0.3, -0.25) is 9.59 Å². The number of thiophene rings is 1. The summed E-state index contributed by atoms with van der Waals surface area (Å²) in [7, 11) is 0. The summed E-state index contributed by atoms with van der Waals surface area (Å²) in [5.74, 6) is 1.19. The minimum Gasteiger partial charge on any atom is -0.352 e. The zero-order chi connectivity index (χ0) is 22.1. The summed E-state index contributed by atoms with van der Waals surface area (Å²) in [6.45, 7) is 4.11. The molecule has 1 amide bonds. The third kappa shape index (κ3) is 4.77. The van der Waals surface area contributed by atoms with Crippen LogP contribution in [0.3, 0.4) is 0 Å². The number of aromatic nitrogens is 2. The van der Waals surface area contributed by atoms with Crippen LogP contribution in [-0.2, 0) is 10.5 Å². The summed E-state index contributed by atoms with van der Waals surface area (Å²) >= 11 is 3.00. The third-order valence-corrected chi connectivity index (χ3v) is 8.38. The van der Waals surface area contributed by atoms with E-state index < -0.39 is 0 Å². The minimum absolute atomic E-state index is 0.0748. The Balaban J connectivity index is 1.18. The highest BCUT2D eigenvalue weighted by atomic mass is 32.2. The van der Waals surface area contributed by atoms with Crippen LogP contribution in [0.5, 0.6) is 0 Å². The van der Waals surface area contributed by atoms with Crippen LogP contribution in [0, 0.1) is 0 Å². The van der Waals surface area contributed by atoms with Gasteiger partial charge in [0.05, 0.1) is 16.4 Å². The number of hydrogen-bond acceptors (Lipinski definition) is 6. The standard InChI is InChI=1S/C24H28N4O2S2/c1-15(22(29)25-17-9-11-28(12-10-17)18-7-8-18)31-14-20-26-23(30)21-19(13-32-24(21)27-20)16-5-3-2-4-6-16/h2-6,13,15,17-18H,7-12,14H2,1H3,(H,25,29)(H,26,27,30). The van der Waals surface area contributed by atoms with Gasteiger partial charge in [0.15, 0.2) is 0 Å². The zero-order valence-electron chi connectivity index (χ0n) is 18.2. The smallest absolute Gasteiger partial charge is 0.260 e. The Morgan fingerprint density at radius 1 is 1.25 bits per heavy atom. The van der Waals surface area contributed by atoms with Crippen LogP contribution >= 0.6 is 23.1 Å². The summed E-state index contributed by atoms with van der Waals surface area (Å²) in [5.41, 5.74) is 1.81. The lowest BCUT2D eigenvalue weighted by atomic mass is 10.0. The first-order valence-electron chi connectivity index (χ1n) is 11.3. The summed E-state index contributed by atoms with van der Waals surface area (Å²) < 4.78 is 0. The Bertz CT molecular complexity index is 1150. The Kier molecular flexibility index (Phi) is 6.35. The third-order valence-electron chi connectivity index (χ3n) is 6.36. The maximum Gasteiger partial charge on any atom is 0.260 e. The van der Waals surface area contributed by atoms with Crippen molar-refractivity contribution in [2.24, 2.45) is 0 Å². The number of carbonyl (C=O) groups is 1. The van der Waals surface area contributed by atoms with E-state index in [0.29, 0.717) is 17.0 Å². The lowest BCUT2D eigenvalue weighted by molar-refractivity contribution is -0.121. The van der Waals surface area contributed by atoms with Gasteiger partial charge in [-0.05, 0) is 38.2 Å². The molecule has 1 atom stereocenters. The summed E-state index contributed by atoms with van der Waals surface area (Å²) in [4.78, 5) is 36.3.